The van der Waals surface area contributed by atoms with Crippen LogP contribution in [0, 0.1) is 0 Å². The SMILES string of the molecule is COc1ccc(OC)c(CC(=O)N2CCC(n3c(=O)[nH]c4ccccc43)CC2)c1. The zero-order valence-electron chi connectivity index (χ0n) is 16.7. The van der Waals surface area contributed by atoms with Gasteiger partial charge in [0.1, 0.15) is 11.5 Å². The number of imidazole rings is 1. The maximum atomic E-state index is 12.9. The van der Waals surface area contributed by atoms with Crippen molar-refractivity contribution in [1.82, 2.24) is 14.5 Å². The number of rotatable bonds is 5. The number of amides is 1. The van der Waals surface area contributed by atoms with Gasteiger partial charge in [0, 0.05) is 24.7 Å². The predicted octanol–water partition coefficient (Wildman–Crippen LogP) is 2.75. The third-order valence-corrected chi connectivity index (χ3v) is 5.64. The number of ether oxygens (including phenoxy) is 2. The molecule has 1 amide bonds. The van der Waals surface area contributed by atoms with Gasteiger partial charge in [-0.3, -0.25) is 9.36 Å². The van der Waals surface area contributed by atoms with Crippen molar-refractivity contribution in [2.45, 2.75) is 25.3 Å². The fourth-order valence-electron chi connectivity index (χ4n) is 4.11. The molecular weight excluding hydrogens is 370 g/mol. The maximum Gasteiger partial charge on any atom is 0.326 e. The van der Waals surface area contributed by atoms with Gasteiger partial charge in [-0.05, 0) is 43.2 Å². The molecule has 1 aliphatic heterocycles. The highest BCUT2D eigenvalue weighted by Crippen LogP contribution is 2.27. The number of hydrogen-bond acceptors (Lipinski definition) is 4. The fourth-order valence-corrected chi connectivity index (χ4v) is 4.11. The summed E-state index contributed by atoms with van der Waals surface area (Å²) in [4.78, 5) is 30.1. The lowest BCUT2D eigenvalue weighted by Crippen LogP contribution is -2.41. The molecule has 1 fully saturated rings. The van der Waals surface area contributed by atoms with E-state index in [1.165, 1.54) is 0 Å². The number of fused-ring (bicyclic) bond motifs is 1. The normalized spacial score (nSPS) is 14.9. The Morgan fingerprint density at radius 2 is 1.86 bits per heavy atom. The second kappa shape index (κ2) is 8.03. The van der Waals surface area contributed by atoms with Crippen molar-refractivity contribution in [1.29, 1.82) is 0 Å². The number of carbonyl (C=O) groups is 1. The maximum absolute atomic E-state index is 12.9. The minimum absolute atomic E-state index is 0.0567. The molecule has 152 valence electrons. The van der Waals surface area contributed by atoms with Crippen LogP contribution in [0.5, 0.6) is 11.5 Å². The first kappa shape index (κ1) is 19.1. The van der Waals surface area contributed by atoms with E-state index in [-0.39, 0.29) is 24.1 Å². The van der Waals surface area contributed by atoms with Gasteiger partial charge in [-0.25, -0.2) is 4.79 Å². The van der Waals surface area contributed by atoms with Gasteiger partial charge in [0.05, 0.1) is 31.7 Å². The molecule has 4 rings (SSSR count). The van der Waals surface area contributed by atoms with Gasteiger partial charge in [0.25, 0.3) is 0 Å². The first-order valence-corrected chi connectivity index (χ1v) is 9.78. The molecule has 29 heavy (non-hydrogen) atoms. The third-order valence-electron chi connectivity index (χ3n) is 5.64. The molecular formula is C22H25N3O4. The van der Waals surface area contributed by atoms with Gasteiger partial charge in [-0.15, -0.1) is 0 Å². The molecule has 3 aromatic rings. The van der Waals surface area contributed by atoms with Crippen molar-refractivity contribution in [3.05, 3.63) is 58.5 Å². The van der Waals surface area contributed by atoms with Gasteiger partial charge in [-0.2, -0.15) is 0 Å². The quantitative estimate of drug-likeness (QED) is 0.721. The lowest BCUT2D eigenvalue weighted by atomic mass is 10.0. The number of para-hydroxylation sites is 2. The molecule has 0 unspecified atom stereocenters. The molecule has 7 heteroatoms. The number of hydrogen-bond donors (Lipinski definition) is 1. The molecule has 7 nitrogen and oxygen atoms in total. The molecule has 0 spiro atoms. The molecule has 1 aromatic heterocycles. The molecule has 0 atom stereocenters. The monoisotopic (exact) mass is 395 g/mol. The summed E-state index contributed by atoms with van der Waals surface area (Å²) in [5, 5.41) is 0. The standard InChI is InChI=1S/C22H25N3O4/c1-28-17-7-8-20(29-2)15(13-17)14-21(26)24-11-9-16(10-12-24)25-19-6-4-3-5-18(19)23-22(25)27/h3-8,13,16H,9-12,14H2,1-2H3,(H,23,27). The highest BCUT2D eigenvalue weighted by atomic mass is 16.5. The zero-order valence-corrected chi connectivity index (χ0v) is 16.7. The van der Waals surface area contributed by atoms with Gasteiger partial charge < -0.3 is 19.4 Å². The summed E-state index contributed by atoms with van der Waals surface area (Å²) in [5.41, 5.74) is 2.49. The van der Waals surface area contributed by atoms with Crippen LogP contribution >= 0.6 is 0 Å². The Balaban J connectivity index is 1.45. The van der Waals surface area contributed by atoms with Crippen molar-refractivity contribution in [3.63, 3.8) is 0 Å². The highest BCUT2D eigenvalue weighted by Gasteiger charge is 2.26. The second-order valence-corrected chi connectivity index (χ2v) is 7.28. The molecule has 1 saturated heterocycles. The van der Waals surface area contributed by atoms with E-state index in [1.54, 1.807) is 14.2 Å². The molecule has 0 radical (unpaired) electrons. The number of aromatic nitrogens is 2. The second-order valence-electron chi connectivity index (χ2n) is 7.28. The number of nitrogens with one attached hydrogen (secondary N) is 1. The van der Waals surface area contributed by atoms with E-state index in [2.05, 4.69) is 4.98 Å². The summed E-state index contributed by atoms with van der Waals surface area (Å²) in [6, 6.07) is 13.3. The Morgan fingerprint density at radius 3 is 2.59 bits per heavy atom. The smallest absolute Gasteiger partial charge is 0.326 e. The van der Waals surface area contributed by atoms with Crippen molar-refractivity contribution >= 4 is 16.9 Å². The van der Waals surface area contributed by atoms with Crippen LogP contribution in [0.2, 0.25) is 0 Å². The summed E-state index contributed by atoms with van der Waals surface area (Å²) in [5.74, 6) is 1.44. The number of nitrogens with zero attached hydrogens (tertiary/aromatic N) is 2. The lowest BCUT2D eigenvalue weighted by molar-refractivity contribution is -0.131. The van der Waals surface area contributed by atoms with E-state index in [0.29, 0.717) is 24.6 Å². The van der Waals surface area contributed by atoms with Crippen LogP contribution in [0.25, 0.3) is 11.0 Å². The molecule has 1 N–H and O–H groups in total. The topological polar surface area (TPSA) is 76.6 Å². The summed E-state index contributed by atoms with van der Waals surface area (Å²) in [6.45, 7) is 1.25. The minimum atomic E-state index is -0.0860. The van der Waals surface area contributed by atoms with Crippen LogP contribution in [0.3, 0.4) is 0 Å². The van der Waals surface area contributed by atoms with Crippen LogP contribution in [0.1, 0.15) is 24.4 Å². The van der Waals surface area contributed by atoms with Gasteiger partial charge in [0.2, 0.25) is 5.91 Å². The number of likely N-dealkylation sites (tertiary alicyclic amines) is 1. The fraction of sp³-hybridized carbons (Fsp3) is 0.364. The van der Waals surface area contributed by atoms with E-state index < -0.39 is 0 Å². The first-order valence-electron chi connectivity index (χ1n) is 9.78. The zero-order chi connectivity index (χ0) is 20.4. The average Bonchev–Trinajstić information content (AvgIpc) is 3.09. The van der Waals surface area contributed by atoms with E-state index in [9.17, 15) is 9.59 Å². The molecule has 2 aromatic carbocycles. The van der Waals surface area contributed by atoms with Crippen LogP contribution in [-0.2, 0) is 11.2 Å². The number of benzene rings is 2. The van der Waals surface area contributed by atoms with E-state index in [0.717, 1.165) is 29.4 Å². The van der Waals surface area contributed by atoms with Crippen LogP contribution in [0.15, 0.2) is 47.3 Å². The summed E-state index contributed by atoms with van der Waals surface area (Å²) < 4.78 is 12.5. The third kappa shape index (κ3) is 3.72. The number of carbonyl (C=O) groups excluding carboxylic acids is 1. The van der Waals surface area contributed by atoms with E-state index >= 15 is 0 Å². The molecule has 0 bridgehead atoms. The number of H-pyrrole nitrogens is 1. The van der Waals surface area contributed by atoms with Crippen molar-refractivity contribution in [2.75, 3.05) is 27.3 Å². The largest absolute Gasteiger partial charge is 0.497 e. The molecule has 0 saturated carbocycles. The van der Waals surface area contributed by atoms with Crippen molar-refractivity contribution in [3.8, 4) is 11.5 Å². The first-order chi connectivity index (χ1) is 14.1. The van der Waals surface area contributed by atoms with E-state index in [4.69, 9.17) is 9.47 Å². The van der Waals surface area contributed by atoms with Crippen LogP contribution < -0.4 is 15.2 Å². The number of methoxy groups -OCH3 is 2. The summed E-state index contributed by atoms with van der Waals surface area (Å²) >= 11 is 0. The van der Waals surface area contributed by atoms with E-state index in [1.807, 2.05) is 51.9 Å². The van der Waals surface area contributed by atoms with Crippen LogP contribution in [-0.4, -0.2) is 47.7 Å². The van der Waals surface area contributed by atoms with Gasteiger partial charge in [-0.1, -0.05) is 12.1 Å². The Kier molecular flexibility index (Phi) is 5.29. The summed E-state index contributed by atoms with van der Waals surface area (Å²) in [7, 11) is 3.20. The molecule has 2 heterocycles. The number of aromatic amines is 1. The van der Waals surface area contributed by atoms with Gasteiger partial charge >= 0.3 is 5.69 Å². The minimum Gasteiger partial charge on any atom is -0.497 e. The lowest BCUT2D eigenvalue weighted by Gasteiger charge is -2.32. The molecule has 1 aliphatic rings. The predicted molar refractivity (Wildman–Crippen MR) is 111 cm³/mol. The average molecular weight is 395 g/mol. The highest BCUT2D eigenvalue weighted by molar-refractivity contribution is 5.80. The van der Waals surface area contributed by atoms with Gasteiger partial charge in [0.15, 0.2) is 0 Å². The Hall–Kier alpha value is -3.22. The number of piperidine rings is 1. The van der Waals surface area contributed by atoms with Crippen LogP contribution in [0.4, 0.5) is 0 Å². The Morgan fingerprint density at radius 1 is 1.10 bits per heavy atom. The Bertz CT molecular complexity index is 1080. The summed E-state index contributed by atoms with van der Waals surface area (Å²) in [6.07, 6.45) is 1.77. The molecule has 0 aliphatic carbocycles. The Labute approximate surface area is 168 Å². The van der Waals surface area contributed by atoms with Crippen molar-refractivity contribution in [2.24, 2.45) is 0 Å². The van der Waals surface area contributed by atoms with Crippen molar-refractivity contribution < 1.29 is 14.3 Å².